The zero-order valence-electron chi connectivity index (χ0n) is 8.70. The van der Waals surface area contributed by atoms with Crippen molar-refractivity contribution >= 4 is 27.4 Å². The minimum absolute atomic E-state index is 0.0107. The fourth-order valence-electron chi connectivity index (χ4n) is 2.05. The van der Waals surface area contributed by atoms with Crippen LogP contribution in [0.25, 0.3) is 0 Å². The van der Waals surface area contributed by atoms with Gasteiger partial charge in [0.2, 0.25) is 0 Å². The summed E-state index contributed by atoms with van der Waals surface area (Å²) in [4.78, 5) is 22.1. The molecule has 0 saturated heterocycles. The van der Waals surface area contributed by atoms with E-state index in [1.165, 1.54) is 6.07 Å². The van der Waals surface area contributed by atoms with Gasteiger partial charge in [-0.3, -0.25) is 14.9 Å². The first kappa shape index (κ1) is 11.7. The molecule has 1 aliphatic carbocycles. The zero-order valence-corrected chi connectivity index (χ0v) is 10.3. The monoisotopic (exact) mass is 294 g/mol. The van der Waals surface area contributed by atoms with Gasteiger partial charge in [0.1, 0.15) is 11.6 Å². The second-order valence-corrected chi connectivity index (χ2v) is 4.61. The molecule has 0 radical (unpaired) electrons. The summed E-state index contributed by atoms with van der Waals surface area (Å²) < 4.78 is 0.306. The molecule has 0 N–H and O–H groups in total. The molecule has 86 valence electrons. The Labute approximate surface area is 105 Å². The van der Waals surface area contributed by atoms with E-state index in [9.17, 15) is 14.9 Å². The standard InChI is InChI=1S/C11H7BrN2O3/c12-9-4-7-6(2-1-3-10(7)15)11(14(16)17)8(9)5-13/h4H,1-3H2. The van der Waals surface area contributed by atoms with E-state index in [2.05, 4.69) is 15.9 Å². The maximum absolute atomic E-state index is 11.7. The number of hydrogen-bond donors (Lipinski definition) is 0. The number of nitro benzene ring substituents is 1. The quantitative estimate of drug-likeness (QED) is 0.589. The van der Waals surface area contributed by atoms with Gasteiger partial charge in [0.15, 0.2) is 5.78 Å². The smallest absolute Gasteiger partial charge is 0.292 e. The summed E-state index contributed by atoms with van der Waals surface area (Å²) in [6.07, 6.45) is 1.47. The molecule has 0 atom stereocenters. The third-order valence-electron chi connectivity index (χ3n) is 2.78. The predicted molar refractivity (Wildman–Crippen MR) is 62.8 cm³/mol. The van der Waals surface area contributed by atoms with Crippen molar-refractivity contribution in [1.82, 2.24) is 0 Å². The molecule has 0 spiro atoms. The van der Waals surface area contributed by atoms with Crippen molar-refractivity contribution in [3.8, 4) is 6.07 Å². The second-order valence-electron chi connectivity index (χ2n) is 3.75. The van der Waals surface area contributed by atoms with E-state index in [0.29, 0.717) is 34.9 Å². The van der Waals surface area contributed by atoms with Gasteiger partial charge >= 0.3 is 0 Å². The van der Waals surface area contributed by atoms with Crippen molar-refractivity contribution in [2.45, 2.75) is 19.3 Å². The lowest BCUT2D eigenvalue weighted by atomic mass is 9.88. The molecule has 5 nitrogen and oxygen atoms in total. The summed E-state index contributed by atoms with van der Waals surface area (Å²) in [7, 11) is 0. The number of Topliss-reactive ketones (excluding diaryl/α,β-unsaturated/α-hetero) is 1. The topological polar surface area (TPSA) is 84.0 Å². The lowest BCUT2D eigenvalue weighted by Crippen LogP contribution is -2.14. The third-order valence-corrected chi connectivity index (χ3v) is 3.41. The lowest BCUT2D eigenvalue weighted by molar-refractivity contribution is -0.385. The lowest BCUT2D eigenvalue weighted by Gasteiger charge is -2.15. The molecule has 6 heteroatoms. The normalized spacial score (nSPS) is 14.0. The van der Waals surface area contributed by atoms with E-state index in [-0.39, 0.29) is 17.0 Å². The molecule has 2 rings (SSSR count). The summed E-state index contributed by atoms with van der Waals surface area (Å²) in [5, 5.41) is 20.0. The molecule has 17 heavy (non-hydrogen) atoms. The number of carbonyl (C=O) groups excluding carboxylic acids is 1. The van der Waals surface area contributed by atoms with E-state index in [4.69, 9.17) is 5.26 Å². The van der Waals surface area contributed by atoms with Crippen molar-refractivity contribution in [3.63, 3.8) is 0 Å². The van der Waals surface area contributed by atoms with Gasteiger partial charge in [0.05, 0.1) is 4.92 Å². The summed E-state index contributed by atoms with van der Waals surface area (Å²) in [5.41, 5.74) is 0.521. The average molecular weight is 295 g/mol. The van der Waals surface area contributed by atoms with Crippen molar-refractivity contribution in [1.29, 1.82) is 5.26 Å². The predicted octanol–water partition coefficient (Wildman–Crippen LogP) is 2.75. The zero-order chi connectivity index (χ0) is 12.6. The van der Waals surface area contributed by atoms with Crippen LogP contribution >= 0.6 is 15.9 Å². The Bertz CT molecular complexity index is 575. The van der Waals surface area contributed by atoms with Crippen LogP contribution in [0.1, 0.15) is 34.3 Å². The molecule has 0 amide bonds. The summed E-state index contributed by atoms with van der Waals surface area (Å²) in [6, 6.07) is 3.33. The Morgan fingerprint density at radius 1 is 1.47 bits per heavy atom. The molecule has 0 unspecified atom stereocenters. The number of ketones is 1. The first-order valence-electron chi connectivity index (χ1n) is 4.99. The van der Waals surface area contributed by atoms with Crippen molar-refractivity contribution < 1.29 is 9.72 Å². The van der Waals surface area contributed by atoms with Gasteiger partial charge in [0.25, 0.3) is 5.69 Å². The van der Waals surface area contributed by atoms with Crippen LogP contribution in [-0.4, -0.2) is 10.7 Å². The van der Waals surface area contributed by atoms with E-state index in [1.54, 1.807) is 0 Å². The molecule has 0 aromatic heterocycles. The SMILES string of the molecule is N#Cc1c(Br)cc2c(c1[N+](=O)[O-])CCCC2=O. The van der Waals surface area contributed by atoms with E-state index in [0.717, 1.165) is 0 Å². The van der Waals surface area contributed by atoms with Crippen LogP contribution in [0.5, 0.6) is 0 Å². The Hall–Kier alpha value is -1.74. The summed E-state index contributed by atoms with van der Waals surface area (Å²) in [5.74, 6) is -0.0976. The number of fused-ring (bicyclic) bond motifs is 1. The van der Waals surface area contributed by atoms with E-state index in [1.807, 2.05) is 6.07 Å². The highest BCUT2D eigenvalue weighted by atomic mass is 79.9. The maximum Gasteiger partial charge on any atom is 0.292 e. The Morgan fingerprint density at radius 3 is 2.76 bits per heavy atom. The highest BCUT2D eigenvalue weighted by Crippen LogP contribution is 2.36. The molecule has 0 aliphatic heterocycles. The van der Waals surface area contributed by atoms with Crippen LogP contribution in [0, 0.1) is 21.4 Å². The highest BCUT2D eigenvalue weighted by Gasteiger charge is 2.30. The van der Waals surface area contributed by atoms with Gasteiger partial charge in [-0.15, -0.1) is 0 Å². The molecule has 1 aromatic rings. The minimum atomic E-state index is -0.583. The second kappa shape index (κ2) is 4.26. The van der Waals surface area contributed by atoms with Crippen LogP contribution < -0.4 is 0 Å². The molecule has 1 aliphatic rings. The van der Waals surface area contributed by atoms with E-state index >= 15 is 0 Å². The fraction of sp³-hybridized carbons (Fsp3) is 0.273. The third kappa shape index (κ3) is 1.83. The van der Waals surface area contributed by atoms with Crippen LogP contribution in [-0.2, 0) is 6.42 Å². The Kier molecular flexibility index (Phi) is 2.94. The summed E-state index contributed by atoms with van der Waals surface area (Å²) >= 11 is 3.10. The highest BCUT2D eigenvalue weighted by molar-refractivity contribution is 9.10. The molecule has 0 bridgehead atoms. The first-order valence-corrected chi connectivity index (χ1v) is 5.78. The van der Waals surface area contributed by atoms with Gasteiger partial charge < -0.3 is 0 Å². The molecule has 0 heterocycles. The molecular weight excluding hydrogens is 288 g/mol. The van der Waals surface area contributed by atoms with Crippen LogP contribution in [0.15, 0.2) is 10.5 Å². The largest absolute Gasteiger partial charge is 0.294 e. The van der Waals surface area contributed by atoms with Gasteiger partial charge in [0, 0.05) is 22.0 Å². The van der Waals surface area contributed by atoms with Crippen LogP contribution in [0.2, 0.25) is 0 Å². The number of nitro groups is 1. The Morgan fingerprint density at radius 2 is 2.18 bits per heavy atom. The van der Waals surface area contributed by atoms with Crippen LogP contribution in [0.4, 0.5) is 5.69 Å². The molecule has 1 aromatic carbocycles. The van der Waals surface area contributed by atoms with Crippen molar-refractivity contribution in [2.24, 2.45) is 0 Å². The molecule has 0 saturated carbocycles. The fourth-order valence-corrected chi connectivity index (χ4v) is 2.55. The van der Waals surface area contributed by atoms with Gasteiger partial charge in [-0.1, -0.05) is 0 Å². The average Bonchev–Trinajstić information content (AvgIpc) is 2.28. The van der Waals surface area contributed by atoms with Crippen LogP contribution in [0.3, 0.4) is 0 Å². The van der Waals surface area contributed by atoms with Crippen molar-refractivity contribution in [2.75, 3.05) is 0 Å². The number of nitrogens with zero attached hydrogens (tertiary/aromatic N) is 2. The number of hydrogen-bond acceptors (Lipinski definition) is 4. The maximum atomic E-state index is 11.7. The number of carbonyl (C=O) groups is 1. The van der Waals surface area contributed by atoms with E-state index < -0.39 is 4.92 Å². The van der Waals surface area contributed by atoms with Gasteiger partial charge in [-0.2, -0.15) is 5.26 Å². The number of halogens is 1. The van der Waals surface area contributed by atoms with Gasteiger partial charge in [-0.25, -0.2) is 0 Å². The van der Waals surface area contributed by atoms with Crippen molar-refractivity contribution in [3.05, 3.63) is 37.3 Å². The summed E-state index contributed by atoms with van der Waals surface area (Å²) in [6.45, 7) is 0. The number of nitriles is 1. The molecular formula is C11H7BrN2O3. The minimum Gasteiger partial charge on any atom is -0.294 e. The molecule has 0 fully saturated rings. The first-order chi connectivity index (χ1) is 8.06. The number of benzene rings is 1. The van der Waals surface area contributed by atoms with Gasteiger partial charge in [-0.05, 0) is 34.8 Å². The Balaban J connectivity index is 2.82. The number of rotatable bonds is 1.